The van der Waals surface area contributed by atoms with E-state index in [1.165, 1.54) is 0 Å². The third-order valence-corrected chi connectivity index (χ3v) is 5.02. The Hall–Kier alpha value is -1.63. The van der Waals surface area contributed by atoms with E-state index in [0.29, 0.717) is 26.1 Å². The number of rotatable bonds is 6. The molecule has 6 nitrogen and oxygen atoms in total. The van der Waals surface area contributed by atoms with Crippen LogP contribution in [0.2, 0.25) is 0 Å². The highest BCUT2D eigenvalue weighted by atomic mass is 32.1. The van der Waals surface area contributed by atoms with Crippen molar-refractivity contribution in [2.45, 2.75) is 59.0 Å². The summed E-state index contributed by atoms with van der Waals surface area (Å²) in [5.41, 5.74) is 0.567. The van der Waals surface area contributed by atoms with Crippen molar-refractivity contribution in [1.82, 2.24) is 15.2 Å². The second-order valence-corrected chi connectivity index (χ2v) is 8.49. The van der Waals surface area contributed by atoms with Crippen LogP contribution < -0.4 is 5.32 Å². The fourth-order valence-corrected chi connectivity index (χ4v) is 3.56. The third-order valence-electron chi connectivity index (χ3n) is 3.99. The molecule has 1 saturated heterocycles. The third kappa shape index (κ3) is 6.65. The lowest BCUT2D eigenvalue weighted by Gasteiger charge is -2.24. The van der Waals surface area contributed by atoms with Gasteiger partial charge in [0.05, 0.1) is 10.9 Å². The van der Waals surface area contributed by atoms with E-state index in [1.54, 1.807) is 16.2 Å². The zero-order chi connectivity index (χ0) is 18.4. The molecule has 1 aliphatic heterocycles. The molecule has 0 aromatic carbocycles. The maximum absolute atomic E-state index is 12.2. The molecule has 1 aromatic heterocycles. The predicted octanol–water partition coefficient (Wildman–Crippen LogP) is 3.15. The molecule has 1 aromatic rings. The van der Waals surface area contributed by atoms with Gasteiger partial charge >= 0.3 is 6.09 Å². The number of carbonyl (C=O) groups is 2. The smallest absolute Gasteiger partial charge is 0.410 e. The molecule has 2 heterocycles. The minimum Gasteiger partial charge on any atom is -0.444 e. The molecule has 1 atom stereocenters. The highest BCUT2D eigenvalue weighted by molar-refractivity contribution is 7.09. The molecule has 0 aliphatic carbocycles. The van der Waals surface area contributed by atoms with E-state index in [4.69, 9.17) is 4.74 Å². The van der Waals surface area contributed by atoms with E-state index in [1.807, 2.05) is 27.7 Å². The molecule has 1 fully saturated rings. The van der Waals surface area contributed by atoms with Gasteiger partial charge in [0.2, 0.25) is 5.91 Å². The van der Waals surface area contributed by atoms with Gasteiger partial charge in [0.1, 0.15) is 5.60 Å². The van der Waals surface area contributed by atoms with Crippen molar-refractivity contribution in [3.8, 4) is 0 Å². The van der Waals surface area contributed by atoms with Crippen LogP contribution in [0.5, 0.6) is 0 Å². The molecule has 0 radical (unpaired) electrons. The number of unbranched alkanes of at least 4 members (excludes halogenated alkanes) is 1. The van der Waals surface area contributed by atoms with Crippen LogP contribution in [0.3, 0.4) is 0 Å². The van der Waals surface area contributed by atoms with Gasteiger partial charge in [-0.1, -0.05) is 0 Å². The maximum atomic E-state index is 12.2. The number of hydrogen-bond acceptors (Lipinski definition) is 5. The first-order chi connectivity index (χ1) is 11.7. The largest absolute Gasteiger partial charge is 0.444 e. The van der Waals surface area contributed by atoms with Crippen LogP contribution in [0.25, 0.3) is 0 Å². The monoisotopic (exact) mass is 367 g/mol. The summed E-state index contributed by atoms with van der Waals surface area (Å²) in [6.07, 6.45) is 3.28. The first-order valence-corrected chi connectivity index (χ1v) is 9.79. The van der Waals surface area contributed by atoms with Crippen molar-refractivity contribution in [3.05, 3.63) is 16.1 Å². The van der Waals surface area contributed by atoms with E-state index in [2.05, 4.69) is 15.7 Å². The number of nitrogens with one attached hydrogen (secondary N) is 1. The lowest BCUT2D eigenvalue weighted by atomic mass is 10.1. The van der Waals surface area contributed by atoms with Crippen molar-refractivity contribution in [3.63, 3.8) is 0 Å². The van der Waals surface area contributed by atoms with E-state index in [9.17, 15) is 9.59 Å². The Bertz CT molecular complexity index is 595. The quantitative estimate of drug-likeness (QED) is 0.784. The summed E-state index contributed by atoms with van der Waals surface area (Å²) in [7, 11) is 0. The van der Waals surface area contributed by atoms with Gasteiger partial charge in [-0.3, -0.25) is 4.79 Å². The summed E-state index contributed by atoms with van der Waals surface area (Å²) >= 11 is 1.69. The Morgan fingerprint density at radius 3 is 2.80 bits per heavy atom. The molecule has 1 unspecified atom stereocenters. The summed E-state index contributed by atoms with van der Waals surface area (Å²) < 4.78 is 5.36. The minimum atomic E-state index is -0.507. The molecule has 0 bridgehead atoms. The van der Waals surface area contributed by atoms with Crippen LogP contribution in [0.1, 0.15) is 50.7 Å². The molecule has 0 spiro atoms. The second kappa shape index (κ2) is 8.65. The van der Waals surface area contributed by atoms with E-state index < -0.39 is 5.60 Å². The summed E-state index contributed by atoms with van der Waals surface area (Å²) in [4.78, 5) is 30.3. The van der Waals surface area contributed by atoms with E-state index in [-0.39, 0.29) is 17.9 Å². The first-order valence-electron chi connectivity index (χ1n) is 8.91. The van der Waals surface area contributed by atoms with Gasteiger partial charge in [-0.05, 0) is 53.4 Å². The maximum Gasteiger partial charge on any atom is 0.410 e. The second-order valence-electron chi connectivity index (χ2n) is 7.54. The standard InChI is InChI=1S/C18H29N3O3S/c1-13-12-25-15(20-13)7-5-6-9-19-16(22)14-8-10-21(11-14)17(23)24-18(2,3)4/h12,14H,5-11H2,1-4H3,(H,19,22). The molecule has 2 amide bonds. The number of likely N-dealkylation sites (tertiary alicyclic amines) is 1. The van der Waals surface area contributed by atoms with Crippen molar-refractivity contribution in [2.75, 3.05) is 19.6 Å². The van der Waals surface area contributed by atoms with Gasteiger partial charge in [-0.2, -0.15) is 0 Å². The first kappa shape index (κ1) is 19.7. The Kier molecular flexibility index (Phi) is 6.81. The number of ether oxygens (including phenoxy) is 1. The molecule has 1 N–H and O–H groups in total. The molecule has 7 heteroatoms. The van der Waals surface area contributed by atoms with Gasteiger partial charge < -0.3 is 15.0 Å². The van der Waals surface area contributed by atoms with Crippen LogP contribution in [0.4, 0.5) is 4.79 Å². The summed E-state index contributed by atoms with van der Waals surface area (Å²) in [5, 5.41) is 6.21. The lowest BCUT2D eigenvalue weighted by molar-refractivity contribution is -0.124. The Morgan fingerprint density at radius 2 is 2.16 bits per heavy atom. The van der Waals surface area contributed by atoms with Gasteiger partial charge in [0, 0.05) is 30.7 Å². The van der Waals surface area contributed by atoms with Crippen LogP contribution in [0, 0.1) is 12.8 Å². The van der Waals surface area contributed by atoms with Crippen LogP contribution in [0.15, 0.2) is 5.38 Å². The summed E-state index contributed by atoms with van der Waals surface area (Å²) in [6, 6.07) is 0. The van der Waals surface area contributed by atoms with Crippen molar-refractivity contribution in [2.24, 2.45) is 5.92 Å². The number of hydrogen-bond donors (Lipinski definition) is 1. The zero-order valence-corrected chi connectivity index (χ0v) is 16.4. The molecule has 2 rings (SSSR count). The lowest BCUT2D eigenvalue weighted by Crippen LogP contribution is -2.37. The Labute approximate surface area is 154 Å². The molecular weight excluding hydrogens is 338 g/mol. The highest BCUT2D eigenvalue weighted by Gasteiger charge is 2.33. The predicted molar refractivity (Wildman–Crippen MR) is 98.7 cm³/mol. The van der Waals surface area contributed by atoms with Crippen molar-refractivity contribution >= 4 is 23.3 Å². The Morgan fingerprint density at radius 1 is 1.40 bits per heavy atom. The average Bonchev–Trinajstić information content (AvgIpc) is 3.14. The topological polar surface area (TPSA) is 71.5 Å². The number of aromatic nitrogens is 1. The Balaban J connectivity index is 1.62. The average molecular weight is 368 g/mol. The van der Waals surface area contributed by atoms with E-state index in [0.717, 1.165) is 30.0 Å². The highest BCUT2D eigenvalue weighted by Crippen LogP contribution is 2.19. The number of nitrogens with zero attached hydrogens (tertiary/aromatic N) is 2. The van der Waals surface area contributed by atoms with Gasteiger partial charge in [0.25, 0.3) is 0 Å². The molecule has 25 heavy (non-hydrogen) atoms. The number of thiazole rings is 1. The molecule has 140 valence electrons. The van der Waals surface area contributed by atoms with E-state index >= 15 is 0 Å². The normalized spacial score (nSPS) is 17.6. The molecule has 1 aliphatic rings. The zero-order valence-electron chi connectivity index (χ0n) is 15.6. The fraction of sp³-hybridized carbons (Fsp3) is 0.722. The van der Waals surface area contributed by atoms with Gasteiger partial charge in [-0.15, -0.1) is 11.3 Å². The van der Waals surface area contributed by atoms with Gasteiger partial charge in [0.15, 0.2) is 0 Å². The van der Waals surface area contributed by atoms with Crippen LogP contribution in [-0.4, -0.2) is 47.1 Å². The minimum absolute atomic E-state index is 0.0381. The van der Waals surface area contributed by atoms with Crippen LogP contribution in [-0.2, 0) is 16.0 Å². The van der Waals surface area contributed by atoms with Gasteiger partial charge in [-0.25, -0.2) is 9.78 Å². The summed E-state index contributed by atoms with van der Waals surface area (Å²) in [5.74, 6) is -0.0923. The number of carbonyl (C=O) groups excluding carboxylic acids is 2. The summed E-state index contributed by atoms with van der Waals surface area (Å²) in [6.45, 7) is 9.23. The van der Waals surface area contributed by atoms with Crippen LogP contribution >= 0.6 is 11.3 Å². The number of amides is 2. The number of aryl methyl sites for hydroxylation is 2. The van der Waals surface area contributed by atoms with Crippen molar-refractivity contribution < 1.29 is 14.3 Å². The molecule has 0 saturated carbocycles. The molecular formula is C18H29N3O3S. The SMILES string of the molecule is Cc1csc(CCCCNC(=O)C2CCN(C(=O)OC(C)(C)C)C2)n1. The fourth-order valence-electron chi connectivity index (χ4n) is 2.74. The van der Waals surface area contributed by atoms with Crippen molar-refractivity contribution in [1.29, 1.82) is 0 Å².